The number of rotatable bonds is 5. The molecule has 1 N–H and O–H groups in total. The maximum Gasteiger partial charge on any atom is 0.227 e. The summed E-state index contributed by atoms with van der Waals surface area (Å²) in [7, 11) is 3.08. The Labute approximate surface area is 129 Å². The van der Waals surface area contributed by atoms with Crippen molar-refractivity contribution in [3.05, 3.63) is 18.2 Å². The van der Waals surface area contributed by atoms with Gasteiger partial charge in [-0.2, -0.15) is 0 Å². The maximum absolute atomic E-state index is 12.2. The largest absolute Gasteiger partial charge is 0.497 e. The van der Waals surface area contributed by atoms with Crippen molar-refractivity contribution in [1.82, 2.24) is 5.32 Å². The first-order valence-electron chi connectivity index (χ1n) is 6.84. The molecule has 0 aliphatic carbocycles. The van der Waals surface area contributed by atoms with E-state index in [1.807, 2.05) is 0 Å². The summed E-state index contributed by atoms with van der Waals surface area (Å²) in [6.07, 6.45) is 5.27. The van der Waals surface area contributed by atoms with Crippen LogP contribution < -0.4 is 19.7 Å². The average Bonchev–Trinajstić information content (AvgIpc) is 2.93. The fraction of sp³-hybridized carbons (Fsp3) is 0.375. The Morgan fingerprint density at radius 1 is 1.45 bits per heavy atom. The summed E-state index contributed by atoms with van der Waals surface area (Å²) in [6, 6.07) is 5.20. The zero-order valence-electron chi connectivity index (χ0n) is 12.6. The van der Waals surface area contributed by atoms with Crippen LogP contribution in [0.3, 0.4) is 0 Å². The van der Waals surface area contributed by atoms with Crippen LogP contribution in [0, 0.1) is 18.3 Å². The normalized spacial score (nSPS) is 17.0. The molecule has 0 radical (unpaired) electrons. The summed E-state index contributed by atoms with van der Waals surface area (Å²) in [5, 5.41) is 2.61. The third kappa shape index (κ3) is 3.14. The van der Waals surface area contributed by atoms with Crippen LogP contribution in [0.2, 0.25) is 0 Å². The first-order chi connectivity index (χ1) is 10.6. The van der Waals surface area contributed by atoms with Crippen LogP contribution in [0.15, 0.2) is 18.2 Å². The van der Waals surface area contributed by atoms with E-state index in [-0.39, 0.29) is 24.8 Å². The first kappa shape index (κ1) is 15.7. The van der Waals surface area contributed by atoms with E-state index >= 15 is 0 Å². The van der Waals surface area contributed by atoms with Crippen LogP contribution in [0.25, 0.3) is 0 Å². The maximum atomic E-state index is 12.2. The molecule has 1 aliphatic rings. The zero-order valence-corrected chi connectivity index (χ0v) is 12.6. The molecule has 0 bridgehead atoms. The lowest BCUT2D eigenvalue weighted by atomic mass is 10.1. The standard InChI is InChI=1S/C16H18N2O4/c1-4-7-17-16(20)11-8-15(19)18(10-11)13-9-12(21-2)5-6-14(13)22-3/h1,5-6,9,11H,7-8,10H2,2-3H3,(H,17,20). The van der Waals surface area contributed by atoms with Crippen LogP contribution in [0.1, 0.15) is 6.42 Å². The SMILES string of the molecule is C#CCNC(=O)C1CC(=O)N(c2cc(OC)ccc2OC)C1. The third-order valence-electron chi connectivity index (χ3n) is 3.54. The highest BCUT2D eigenvalue weighted by Crippen LogP contribution is 2.35. The Hall–Kier alpha value is -2.68. The van der Waals surface area contributed by atoms with Gasteiger partial charge < -0.3 is 19.7 Å². The van der Waals surface area contributed by atoms with Gasteiger partial charge in [-0.15, -0.1) is 6.42 Å². The predicted molar refractivity (Wildman–Crippen MR) is 81.8 cm³/mol. The molecule has 1 saturated heterocycles. The minimum absolute atomic E-state index is 0.132. The number of nitrogens with one attached hydrogen (secondary N) is 1. The summed E-state index contributed by atoms with van der Waals surface area (Å²) in [5.74, 6) is 2.75. The van der Waals surface area contributed by atoms with Gasteiger partial charge in [0, 0.05) is 19.0 Å². The molecule has 1 aromatic rings. The predicted octanol–water partition coefficient (Wildman–Crippen LogP) is 0.806. The summed E-state index contributed by atoms with van der Waals surface area (Å²) in [6.45, 7) is 0.449. The van der Waals surface area contributed by atoms with Crippen molar-refractivity contribution in [3.8, 4) is 23.8 Å². The van der Waals surface area contributed by atoms with Gasteiger partial charge in [-0.05, 0) is 12.1 Å². The number of carbonyl (C=O) groups excluding carboxylic acids is 2. The Kier molecular flexibility index (Phi) is 4.89. The molecule has 1 atom stereocenters. The second-order valence-electron chi connectivity index (χ2n) is 4.87. The number of benzene rings is 1. The number of hydrogen-bond donors (Lipinski definition) is 1. The van der Waals surface area contributed by atoms with Crippen LogP contribution in [0.4, 0.5) is 5.69 Å². The van der Waals surface area contributed by atoms with E-state index in [1.165, 1.54) is 7.11 Å². The number of hydrogen-bond acceptors (Lipinski definition) is 4. The van der Waals surface area contributed by atoms with E-state index < -0.39 is 5.92 Å². The van der Waals surface area contributed by atoms with Gasteiger partial charge >= 0.3 is 0 Å². The highest BCUT2D eigenvalue weighted by Gasteiger charge is 2.36. The molecule has 1 heterocycles. The van der Waals surface area contributed by atoms with Crippen molar-refractivity contribution in [3.63, 3.8) is 0 Å². The van der Waals surface area contributed by atoms with Gasteiger partial charge in [0.2, 0.25) is 11.8 Å². The van der Waals surface area contributed by atoms with Crippen molar-refractivity contribution in [2.24, 2.45) is 5.92 Å². The molecule has 22 heavy (non-hydrogen) atoms. The Balaban J connectivity index is 2.21. The lowest BCUT2D eigenvalue weighted by Crippen LogP contribution is -2.33. The number of methoxy groups -OCH3 is 2. The van der Waals surface area contributed by atoms with Gasteiger partial charge in [-0.3, -0.25) is 9.59 Å². The highest BCUT2D eigenvalue weighted by molar-refractivity contribution is 6.01. The van der Waals surface area contributed by atoms with Gasteiger partial charge in [0.15, 0.2) is 0 Å². The number of nitrogens with zero attached hydrogens (tertiary/aromatic N) is 1. The van der Waals surface area contributed by atoms with Crippen molar-refractivity contribution in [2.45, 2.75) is 6.42 Å². The highest BCUT2D eigenvalue weighted by atomic mass is 16.5. The van der Waals surface area contributed by atoms with E-state index in [1.54, 1.807) is 30.2 Å². The van der Waals surface area contributed by atoms with Gasteiger partial charge in [0.1, 0.15) is 11.5 Å². The zero-order chi connectivity index (χ0) is 16.1. The molecular weight excluding hydrogens is 284 g/mol. The van der Waals surface area contributed by atoms with E-state index in [0.717, 1.165) is 0 Å². The number of ether oxygens (including phenoxy) is 2. The quantitative estimate of drug-likeness (QED) is 0.817. The molecule has 1 fully saturated rings. The van der Waals surface area contributed by atoms with E-state index in [2.05, 4.69) is 11.2 Å². The molecule has 2 amide bonds. The van der Waals surface area contributed by atoms with Crippen LogP contribution in [-0.4, -0.2) is 39.1 Å². The van der Waals surface area contributed by atoms with Gasteiger partial charge in [-0.1, -0.05) is 5.92 Å². The van der Waals surface area contributed by atoms with Crippen LogP contribution in [-0.2, 0) is 9.59 Å². The Morgan fingerprint density at radius 3 is 2.86 bits per heavy atom. The second-order valence-corrected chi connectivity index (χ2v) is 4.87. The van der Waals surface area contributed by atoms with Gasteiger partial charge in [-0.25, -0.2) is 0 Å². The number of carbonyl (C=O) groups is 2. The van der Waals surface area contributed by atoms with Crippen molar-refractivity contribution in [1.29, 1.82) is 0 Å². The Morgan fingerprint density at radius 2 is 2.23 bits per heavy atom. The lowest BCUT2D eigenvalue weighted by Gasteiger charge is -2.20. The van der Waals surface area contributed by atoms with E-state index in [4.69, 9.17) is 15.9 Å². The number of anilines is 1. The molecule has 1 aromatic carbocycles. The summed E-state index contributed by atoms with van der Waals surface area (Å²) < 4.78 is 10.5. The van der Waals surface area contributed by atoms with E-state index in [0.29, 0.717) is 23.7 Å². The average molecular weight is 302 g/mol. The fourth-order valence-corrected chi connectivity index (χ4v) is 2.41. The first-order valence-corrected chi connectivity index (χ1v) is 6.84. The third-order valence-corrected chi connectivity index (χ3v) is 3.54. The van der Waals surface area contributed by atoms with Gasteiger partial charge in [0.25, 0.3) is 0 Å². The fourth-order valence-electron chi connectivity index (χ4n) is 2.41. The summed E-state index contributed by atoms with van der Waals surface area (Å²) >= 11 is 0. The molecule has 116 valence electrons. The number of terminal acetylenes is 1. The topological polar surface area (TPSA) is 67.9 Å². The van der Waals surface area contributed by atoms with Crippen LogP contribution in [0.5, 0.6) is 11.5 Å². The molecule has 1 aliphatic heterocycles. The summed E-state index contributed by atoms with van der Waals surface area (Å²) in [5.41, 5.74) is 0.596. The van der Waals surface area contributed by atoms with Gasteiger partial charge in [0.05, 0.1) is 32.4 Å². The molecular formula is C16H18N2O4. The van der Waals surface area contributed by atoms with E-state index in [9.17, 15) is 9.59 Å². The minimum atomic E-state index is -0.420. The second kappa shape index (κ2) is 6.85. The monoisotopic (exact) mass is 302 g/mol. The molecule has 2 rings (SSSR count). The molecule has 6 heteroatoms. The molecule has 0 saturated carbocycles. The summed E-state index contributed by atoms with van der Waals surface area (Å²) in [4.78, 5) is 25.7. The number of amides is 2. The smallest absolute Gasteiger partial charge is 0.227 e. The molecule has 0 aromatic heterocycles. The van der Waals surface area contributed by atoms with Crippen molar-refractivity contribution in [2.75, 3.05) is 32.2 Å². The molecule has 1 unspecified atom stereocenters. The molecule has 0 spiro atoms. The minimum Gasteiger partial charge on any atom is -0.497 e. The van der Waals surface area contributed by atoms with Crippen molar-refractivity contribution < 1.29 is 19.1 Å². The lowest BCUT2D eigenvalue weighted by molar-refractivity contribution is -0.126. The van der Waals surface area contributed by atoms with Crippen molar-refractivity contribution >= 4 is 17.5 Å². The Bertz CT molecular complexity index is 621. The molecule has 6 nitrogen and oxygen atoms in total. The van der Waals surface area contributed by atoms with Crippen LogP contribution >= 0.6 is 0 Å².